The van der Waals surface area contributed by atoms with Crippen molar-refractivity contribution in [3.8, 4) is 0 Å². The van der Waals surface area contributed by atoms with Gasteiger partial charge in [0.1, 0.15) is 0 Å². The second kappa shape index (κ2) is 9.92. The van der Waals surface area contributed by atoms with Crippen molar-refractivity contribution in [2.75, 3.05) is 40.4 Å². The van der Waals surface area contributed by atoms with Crippen LogP contribution in [-0.2, 0) is 9.53 Å². The van der Waals surface area contributed by atoms with Crippen LogP contribution in [0.3, 0.4) is 0 Å². The average molecular weight is 298 g/mol. The van der Waals surface area contributed by atoms with E-state index >= 15 is 0 Å². The Hall–Kier alpha value is -0.910. The number of aliphatic hydroxyl groups is 1. The number of carbonyl (C=O) groups is 1. The van der Waals surface area contributed by atoms with Crippen LogP contribution >= 0.6 is 0 Å². The molecule has 0 aromatic rings. The SMILES string of the molecule is CC1CC=CCC1COCC(O)CNCCC(=O)N(C)C. The summed E-state index contributed by atoms with van der Waals surface area (Å²) in [4.78, 5) is 12.9. The maximum Gasteiger partial charge on any atom is 0.223 e. The molecule has 0 fully saturated rings. The zero-order valence-corrected chi connectivity index (χ0v) is 13.5. The Kier molecular flexibility index (Phi) is 8.57. The van der Waals surface area contributed by atoms with Crippen molar-refractivity contribution in [1.29, 1.82) is 0 Å². The van der Waals surface area contributed by atoms with E-state index in [1.54, 1.807) is 19.0 Å². The van der Waals surface area contributed by atoms with Crippen molar-refractivity contribution in [3.63, 3.8) is 0 Å². The molecule has 1 amide bonds. The summed E-state index contributed by atoms with van der Waals surface area (Å²) in [5.41, 5.74) is 0. The molecule has 0 saturated heterocycles. The standard InChI is InChI=1S/C16H30N2O3/c1-13-6-4-5-7-14(13)11-21-12-15(19)10-17-9-8-16(20)18(2)3/h4-5,13-15,17,19H,6-12H2,1-3H3. The molecule has 0 heterocycles. The first-order valence-corrected chi connectivity index (χ1v) is 7.82. The zero-order chi connectivity index (χ0) is 15.7. The van der Waals surface area contributed by atoms with Gasteiger partial charge in [-0.2, -0.15) is 0 Å². The lowest BCUT2D eigenvalue weighted by atomic mass is 9.85. The fourth-order valence-corrected chi connectivity index (χ4v) is 2.34. The van der Waals surface area contributed by atoms with Gasteiger partial charge < -0.3 is 20.1 Å². The largest absolute Gasteiger partial charge is 0.389 e. The molecule has 1 rings (SSSR count). The number of hydrogen-bond acceptors (Lipinski definition) is 4. The van der Waals surface area contributed by atoms with E-state index in [2.05, 4.69) is 24.4 Å². The number of nitrogens with one attached hydrogen (secondary N) is 1. The first kappa shape index (κ1) is 18.1. The molecule has 0 aliphatic heterocycles. The van der Waals surface area contributed by atoms with E-state index in [0.29, 0.717) is 44.6 Å². The van der Waals surface area contributed by atoms with Gasteiger partial charge in [0.25, 0.3) is 0 Å². The first-order chi connectivity index (χ1) is 10.0. The van der Waals surface area contributed by atoms with Crippen LogP contribution < -0.4 is 5.32 Å². The topological polar surface area (TPSA) is 61.8 Å². The minimum Gasteiger partial charge on any atom is -0.389 e. The average Bonchev–Trinajstić information content (AvgIpc) is 2.45. The molecule has 5 heteroatoms. The summed E-state index contributed by atoms with van der Waals surface area (Å²) in [5, 5.41) is 12.9. The van der Waals surface area contributed by atoms with Gasteiger partial charge in [-0.05, 0) is 24.7 Å². The molecule has 0 aromatic heterocycles. The number of ether oxygens (including phenoxy) is 1. The van der Waals surface area contributed by atoms with E-state index < -0.39 is 6.10 Å². The van der Waals surface area contributed by atoms with Crippen molar-refractivity contribution in [1.82, 2.24) is 10.2 Å². The molecule has 122 valence electrons. The smallest absolute Gasteiger partial charge is 0.223 e. The van der Waals surface area contributed by atoms with E-state index in [1.165, 1.54) is 0 Å². The van der Waals surface area contributed by atoms with Crippen LogP contribution in [-0.4, -0.2) is 62.4 Å². The molecule has 1 aliphatic rings. The minimum atomic E-state index is -0.520. The molecule has 3 unspecified atom stereocenters. The predicted octanol–water partition coefficient (Wildman–Crippen LogP) is 1.03. The fourth-order valence-electron chi connectivity index (χ4n) is 2.34. The van der Waals surface area contributed by atoms with E-state index in [1.807, 2.05) is 0 Å². The zero-order valence-electron chi connectivity index (χ0n) is 13.5. The quantitative estimate of drug-likeness (QED) is 0.493. The predicted molar refractivity (Wildman–Crippen MR) is 84.0 cm³/mol. The monoisotopic (exact) mass is 298 g/mol. The Morgan fingerprint density at radius 3 is 2.81 bits per heavy atom. The van der Waals surface area contributed by atoms with Gasteiger partial charge in [0.15, 0.2) is 0 Å². The second-order valence-corrected chi connectivity index (χ2v) is 6.11. The molecule has 2 N–H and O–H groups in total. The van der Waals surface area contributed by atoms with Crippen LogP contribution in [0.1, 0.15) is 26.2 Å². The summed E-state index contributed by atoms with van der Waals surface area (Å²) in [6, 6.07) is 0. The van der Waals surface area contributed by atoms with Gasteiger partial charge in [-0.1, -0.05) is 19.1 Å². The molecule has 0 radical (unpaired) electrons. The third-order valence-corrected chi connectivity index (χ3v) is 3.95. The molecular weight excluding hydrogens is 268 g/mol. The lowest BCUT2D eigenvalue weighted by Gasteiger charge is -2.25. The van der Waals surface area contributed by atoms with Gasteiger partial charge in [0.05, 0.1) is 19.3 Å². The Labute approximate surface area is 128 Å². The Balaban J connectivity index is 2.02. The maximum atomic E-state index is 11.4. The number of rotatable bonds is 9. The van der Waals surface area contributed by atoms with Crippen LogP contribution in [0, 0.1) is 11.8 Å². The Bertz CT molecular complexity index is 331. The van der Waals surface area contributed by atoms with Crippen LogP contribution in [0.5, 0.6) is 0 Å². The highest BCUT2D eigenvalue weighted by atomic mass is 16.5. The van der Waals surface area contributed by atoms with Crippen LogP contribution in [0.4, 0.5) is 0 Å². The summed E-state index contributed by atoms with van der Waals surface area (Å²) in [6.45, 7) is 4.35. The number of carbonyl (C=O) groups excluding carboxylic acids is 1. The van der Waals surface area contributed by atoms with E-state index in [-0.39, 0.29) is 5.91 Å². The van der Waals surface area contributed by atoms with Gasteiger partial charge in [-0.15, -0.1) is 0 Å². The lowest BCUT2D eigenvalue weighted by molar-refractivity contribution is -0.128. The van der Waals surface area contributed by atoms with Gasteiger partial charge in [-0.25, -0.2) is 0 Å². The lowest BCUT2D eigenvalue weighted by Crippen LogP contribution is -2.34. The summed E-state index contributed by atoms with van der Waals surface area (Å²) in [7, 11) is 3.49. The number of nitrogens with zero attached hydrogens (tertiary/aromatic N) is 1. The summed E-state index contributed by atoms with van der Waals surface area (Å²) in [5.74, 6) is 1.31. The first-order valence-electron chi connectivity index (χ1n) is 7.82. The third-order valence-electron chi connectivity index (χ3n) is 3.95. The molecule has 0 aromatic carbocycles. The fraction of sp³-hybridized carbons (Fsp3) is 0.812. The van der Waals surface area contributed by atoms with Crippen LogP contribution in [0.25, 0.3) is 0 Å². The van der Waals surface area contributed by atoms with Gasteiger partial charge in [-0.3, -0.25) is 4.79 Å². The minimum absolute atomic E-state index is 0.0904. The highest BCUT2D eigenvalue weighted by Gasteiger charge is 2.18. The number of aliphatic hydroxyl groups excluding tert-OH is 1. The van der Waals surface area contributed by atoms with E-state index in [0.717, 1.165) is 12.8 Å². The number of hydrogen-bond donors (Lipinski definition) is 2. The normalized spacial score (nSPS) is 23.0. The molecule has 0 spiro atoms. The molecule has 5 nitrogen and oxygen atoms in total. The van der Waals surface area contributed by atoms with Crippen molar-refractivity contribution in [2.45, 2.75) is 32.3 Å². The molecule has 1 aliphatic carbocycles. The van der Waals surface area contributed by atoms with Crippen molar-refractivity contribution in [3.05, 3.63) is 12.2 Å². The Morgan fingerprint density at radius 2 is 2.14 bits per heavy atom. The van der Waals surface area contributed by atoms with Crippen molar-refractivity contribution >= 4 is 5.91 Å². The van der Waals surface area contributed by atoms with E-state index in [4.69, 9.17) is 4.74 Å². The summed E-state index contributed by atoms with van der Waals surface area (Å²) < 4.78 is 5.62. The third kappa shape index (κ3) is 7.60. The molecule has 3 atom stereocenters. The molecule has 21 heavy (non-hydrogen) atoms. The summed E-state index contributed by atoms with van der Waals surface area (Å²) in [6.07, 6.45) is 6.57. The van der Waals surface area contributed by atoms with Crippen LogP contribution in [0.15, 0.2) is 12.2 Å². The van der Waals surface area contributed by atoms with Gasteiger partial charge >= 0.3 is 0 Å². The highest BCUT2D eigenvalue weighted by Crippen LogP contribution is 2.24. The van der Waals surface area contributed by atoms with E-state index in [9.17, 15) is 9.90 Å². The Morgan fingerprint density at radius 1 is 1.43 bits per heavy atom. The van der Waals surface area contributed by atoms with Crippen molar-refractivity contribution < 1.29 is 14.6 Å². The molecule has 0 bridgehead atoms. The molecular formula is C16H30N2O3. The van der Waals surface area contributed by atoms with Gasteiger partial charge in [0, 0.05) is 33.6 Å². The number of amides is 1. The van der Waals surface area contributed by atoms with Gasteiger partial charge in [0.2, 0.25) is 5.91 Å². The second-order valence-electron chi connectivity index (χ2n) is 6.11. The highest BCUT2D eigenvalue weighted by molar-refractivity contribution is 5.75. The maximum absolute atomic E-state index is 11.4. The summed E-state index contributed by atoms with van der Waals surface area (Å²) >= 11 is 0. The van der Waals surface area contributed by atoms with Crippen LogP contribution in [0.2, 0.25) is 0 Å². The molecule has 0 saturated carbocycles. The number of allylic oxidation sites excluding steroid dienone is 2. The van der Waals surface area contributed by atoms with Crippen molar-refractivity contribution in [2.24, 2.45) is 11.8 Å².